The van der Waals surface area contributed by atoms with Gasteiger partial charge in [0.05, 0.1) is 28.8 Å². The van der Waals surface area contributed by atoms with E-state index in [4.69, 9.17) is 0 Å². The SMILES string of the molecule is COC(=O)c1ccccc1NC(=O)Cn1c(=O)ccc2cc([N+](=O)[O-])ccc21. The number of esters is 1. The fourth-order valence-corrected chi connectivity index (χ4v) is 2.78. The number of nitrogens with zero attached hydrogens (tertiary/aromatic N) is 2. The minimum atomic E-state index is -0.606. The minimum Gasteiger partial charge on any atom is -0.465 e. The number of non-ortho nitro benzene ring substituents is 1. The molecular formula is C19H15N3O6. The largest absolute Gasteiger partial charge is 0.465 e. The van der Waals surface area contributed by atoms with Crippen molar-refractivity contribution in [3.05, 3.63) is 80.6 Å². The predicted octanol–water partition coefficient (Wildman–Crippen LogP) is 2.33. The van der Waals surface area contributed by atoms with Crippen LogP contribution in [-0.4, -0.2) is 28.5 Å². The van der Waals surface area contributed by atoms with E-state index in [1.54, 1.807) is 18.2 Å². The Morgan fingerprint density at radius 1 is 1.14 bits per heavy atom. The highest BCUT2D eigenvalue weighted by Crippen LogP contribution is 2.20. The van der Waals surface area contributed by atoms with Crippen molar-refractivity contribution < 1.29 is 19.2 Å². The first kappa shape index (κ1) is 18.8. The van der Waals surface area contributed by atoms with Crippen LogP contribution in [0.5, 0.6) is 0 Å². The molecule has 1 amide bonds. The number of methoxy groups -OCH3 is 1. The highest BCUT2D eigenvalue weighted by atomic mass is 16.6. The summed E-state index contributed by atoms with van der Waals surface area (Å²) in [6.07, 6.45) is 0. The summed E-state index contributed by atoms with van der Waals surface area (Å²) in [5, 5.41) is 14.0. The lowest BCUT2D eigenvalue weighted by molar-refractivity contribution is -0.384. The van der Waals surface area contributed by atoms with E-state index in [1.165, 1.54) is 48.1 Å². The Morgan fingerprint density at radius 2 is 1.89 bits per heavy atom. The second kappa shape index (κ2) is 7.70. The van der Waals surface area contributed by atoms with Crippen LogP contribution >= 0.6 is 0 Å². The zero-order valence-electron chi connectivity index (χ0n) is 14.7. The number of nitro groups is 1. The van der Waals surface area contributed by atoms with Gasteiger partial charge in [0.25, 0.3) is 11.2 Å². The fraction of sp³-hybridized carbons (Fsp3) is 0.105. The Morgan fingerprint density at radius 3 is 2.61 bits per heavy atom. The molecule has 0 aliphatic rings. The molecule has 1 aromatic heterocycles. The molecule has 1 N–H and O–H groups in total. The number of benzene rings is 2. The van der Waals surface area contributed by atoms with Crippen molar-refractivity contribution in [3.8, 4) is 0 Å². The molecule has 3 aromatic rings. The molecule has 0 spiro atoms. The fourth-order valence-electron chi connectivity index (χ4n) is 2.78. The lowest BCUT2D eigenvalue weighted by Gasteiger charge is -2.12. The summed E-state index contributed by atoms with van der Waals surface area (Å²) in [6.45, 7) is -0.330. The van der Waals surface area contributed by atoms with Crippen LogP contribution in [0.3, 0.4) is 0 Å². The Kier molecular flexibility index (Phi) is 5.16. The monoisotopic (exact) mass is 381 g/mol. The van der Waals surface area contributed by atoms with Crippen molar-refractivity contribution in [3.63, 3.8) is 0 Å². The van der Waals surface area contributed by atoms with Crippen molar-refractivity contribution in [2.24, 2.45) is 0 Å². The van der Waals surface area contributed by atoms with Gasteiger partial charge in [-0.3, -0.25) is 24.3 Å². The summed E-state index contributed by atoms with van der Waals surface area (Å²) in [5.74, 6) is -1.14. The molecule has 28 heavy (non-hydrogen) atoms. The van der Waals surface area contributed by atoms with Crippen LogP contribution < -0.4 is 10.9 Å². The number of aromatic nitrogens is 1. The minimum absolute atomic E-state index is 0.117. The second-order valence-electron chi connectivity index (χ2n) is 5.84. The van der Waals surface area contributed by atoms with Crippen LogP contribution in [0.15, 0.2) is 59.4 Å². The van der Waals surface area contributed by atoms with Gasteiger partial charge < -0.3 is 10.1 Å². The van der Waals surface area contributed by atoms with Crippen LogP contribution in [0.2, 0.25) is 0 Å². The number of pyridine rings is 1. The van der Waals surface area contributed by atoms with E-state index < -0.39 is 22.4 Å². The van der Waals surface area contributed by atoms with Crippen LogP contribution in [0.25, 0.3) is 10.9 Å². The second-order valence-corrected chi connectivity index (χ2v) is 5.84. The Balaban J connectivity index is 1.92. The molecular weight excluding hydrogens is 366 g/mol. The third-order valence-electron chi connectivity index (χ3n) is 4.09. The summed E-state index contributed by atoms with van der Waals surface area (Å²) in [5.41, 5.74) is 0.268. The number of nitro benzene ring substituents is 1. The number of anilines is 1. The van der Waals surface area contributed by atoms with Crippen molar-refractivity contribution in [2.45, 2.75) is 6.54 Å². The van der Waals surface area contributed by atoms with Gasteiger partial charge in [-0.05, 0) is 24.3 Å². The average Bonchev–Trinajstić information content (AvgIpc) is 2.69. The van der Waals surface area contributed by atoms with Gasteiger partial charge in [-0.2, -0.15) is 0 Å². The highest BCUT2D eigenvalue weighted by Gasteiger charge is 2.15. The number of ether oxygens (including phenoxy) is 1. The van der Waals surface area contributed by atoms with E-state index in [0.29, 0.717) is 10.9 Å². The van der Waals surface area contributed by atoms with Crippen molar-refractivity contribution >= 4 is 34.2 Å². The van der Waals surface area contributed by atoms with Crippen LogP contribution in [0.4, 0.5) is 11.4 Å². The van der Waals surface area contributed by atoms with E-state index in [-0.39, 0.29) is 23.5 Å². The summed E-state index contributed by atoms with van der Waals surface area (Å²) in [6, 6.07) is 13.0. The topological polar surface area (TPSA) is 121 Å². The quantitative estimate of drug-likeness (QED) is 0.411. The summed E-state index contributed by atoms with van der Waals surface area (Å²) in [4.78, 5) is 46.9. The van der Waals surface area contributed by atoms with Crippen LogP contribution in [0.1, 0.15) is 10.4 Å². The first-order valence-electron chi connectivity index (χ1n) is 8.16. The lowest BCUT2D eigenvalue weighted by atomic mass is 10.1. The van der Waals surface area contributed by atoms with Crippen LogP contribution in [-0.2, 0) is 16.1 Å². The number of carbonyl (C=O) groups is 2. The lowest BCUT2D eigenvalue weighted by Crippen LogP contribution is -2.27. The molecule has 0 aliphatic heterocycles. The predicted molar refractivity (Wildman–Crippen MR) is 101 cm³/mol. The van der Waals surface area contributed by atoms with Gasteiger partial charge in [0, 0.05) is 23.6 Å². The molecule has 9 heteroatoms. The van der Waals surface area contributed by atoms with Gasteiger partial charge in [0.1, 0.15) is 6.54 Å². The number of nitrogens with one attached hydrogen (secondary N) is 1. The van der Waals surface area contributed by atoms with Crippen molar-refractivity contribution in [1.82, 2.24) is 4.57 Å². The zero-order chi connectivity index (χ0) is 20.3. The molecule has 0 bridgehead atoms. The van der Waals surface area contributed by atoms with Gasteiger partial charge >= 0.3 is 5.97 Å². The highest BCUT2D eigenvalue weighted by molar-refractivity contribution is 6.01. The smallest absolute Gasteiger partial charge is 0.339 e. The van der Waals surface area contributed by atoms with E-state index in [9.17, 15) is 24.5 Å². The van der Waals surface area contributed by atoms with E-state index in [2.05, 4.69) is 10.1 Å². The number of rotatable bonds is 5. The number of fused-ring (bicyclic) bond motifs is 1. The Labute approximate surface area is 158 Å². The first-order valence-corrected chi connectivity index (χ1v) is 8.16. The summed E-state index contributed by atoms with van der Waals surface area (Å²) in [7, 11) is 1.23. The third kappa shape index (κ3) is 3.73. The first-order chi connectivity index (χ1) is 13.4. The Bertz CT molecular complexity index is 1150. The number of para-hydroxylation sites is 1. The molecule has 0 aliphatic carbocycles. The number of hydrogen-bond donors (Lipinski definition) is 1. The maximum atomic E-state index is 12.5. The number of hydrogen-bond acceptors (Lipinski definition) is 6. The van der Waals surface area contributed by atoms with Gasteiger partial charge in [-0.15, -0.1) is 0 Å². The molecule has 3 rings (SSSR count). The molecule has 0 radical (unpaired) electrons. The molecule has 0 saturated carbocycles. The maximum Gasteiger partial charge on any atom is 0.339 e. The maximum absolute atomic E-state index is 12.5. The normalized spacial score (nSPS) is 10.5. The summed E-state index contributed by atoms with van der Waals surface area (Å²) >= 11 is 0. The van der Waals surface area contributed by atoms with E-state index >= 15 is 0 Å². The van der Waals surface area contributed by atoms with Gasteiger partial charge in [0.15, 0.2) is 0 Å². The Hall–Kier alpha value is -4.01. The van der Waals surface area contributed by atoms with E-state index in [1.807, 2.05) is 0 Å². The van der Waals surface area contributed by atoms with Crippen molar-refractivity contribution in [2.75, 3.05) is 12.4 Å². The molecule has 2 aromatic carbocycles. The number of carbonyl (C=O) groups excluding carboxylic acids is 2. The van der Waals surface area contributed by atoms with Crippen molar-refractivity contribution in [1.29, 1.82) is 0 Å². The molecule has 0 unspecified atom stereocenters. The number of amides is 1. The van der Waals surface area contributed by atoms with Gasteiger partial charge in [0.2, 0.25) is 5.91 Å². The molecule has 0 atom stereocenters. The molecule has 0 saturated heterocycles. The van der Waals surface area contributed by atoms with Gasteiger partial charge in [-0.1, -0.05) is 12.1 Å². The zero-order valence-corrected chi connectivity index (χ0v) is 14.7. The molecule has 9 nitrogen and oxygen atoms in total. The molecule has 142 valence electrons. The van der Waals surface area contributed by atoms with E-state index in [0.717, 1.165) is 0 Å². The summed E-state index contributed by atoms with van der Waals surface area (Å²) < 4.78 is 5.89. The molecule has 0 fully saturated rings. The third-order valence-corrected chi connectivity index (χ3v) is 4.09. The standard InChI is InChI=1S/C19H15N3O6/c1-28-19(25)14-4-2-3-5-15(14)20-17(23)11-21-16-8-7-13(22(26)27)10-12(16)6-9-18(21)24/h2-10H,11H2,1H3,(H,20,23). The van der Waals surface area contributed by atoms with Gasteiger partial charge in [-0.25, -0.2) is 4.79 Å². The molecule has 1 heterocycles. The average molecular weight is 381 g/mol. The van der Waals surface area contributed by atoms with Crippen LogP contribution in [0, 0.1) is 10.1 Å².